The quantitative estimate of drug-likeness (QED) is 0.414. The molecule has 0 atom stereocenters. The molecule has 0 spiro atoms. The normalized spacial score (nSPS) is 11.8. The van der Waals surface area contributed by atoms with Crippen molar-refractivity contribution in [3.8, 4) is 0 Å². The van der Waals surface area contributed by atoms with Crippen LogP contribution in [0.25, 0.3) is 6.08 Å². The number of anilines is 1. The van der Waals surface area contributed by atoms with Crippen molar-refractivity contribution in [3.63, 3.8) is 0 Å². The van der Waals surface area contributed by atoms with E-state index >= 15 is 0 Å². The number of aliphatic hydroxyl groups is 1. The molecule has 3 aromatic rings. The number of esters is 1. The molecule has 0 saturated heterocycles. The third-order valence-electron chi connectivity index (χ3n) is 4.94. The van der Waals surface area contributed by atoms with E-state index < -0.39 is 16.0 Å². The Morgan fingerprint density at radius 3 is 2.22 bits per heavy atom. The van der Waals surface area contributed by atoms with Crippen LogP contribution in [0.1, 0.15) is 16.7 Å². The predicted octanol–water partition coefficient (Wildman–Crippen LogP) is 3.94. The fraction of sp³-hybridized carbons (Fsp3) is 0.160. The van der Waals surface area contributed by atoms with Gasteiger partial charge in [-0.25, -0.2) is 13.2 Å². The standard InChI is InChI=1S/C25H25NO5S/c1-19-12-14-23(15-13-19)32(29,30)26(24-11-7-6-10-21(24)18-27)17-22(25(28)31-2)16-20-8-4-3-5-9-20/h3-16,27H,17-18H2,1-2H3/b22-16+. The first-order chi connectivity index (χ1) is 15.4. The summed E-state index contributed by atoms with van der Waals surface area (Å²) in [7, 11) is -2.81. The van der Waals surface area contributed by atoms with Gasteiger partial charge in [0.1, 0.15) is 0 Å². The minimum absolute atomic E-state index is 0.0831. The van der Waals surface area contributed by atoms with Crippen LogP contribution >= 0.6 is 0 Å². The maximum atomic E-state index is 13.7. The highest BCUT2D eigenvalue weighted by molar-refractivity contribution is 7.92. The van der Waals surface area contributed by atoms with Gasteiger partial charge in [0, 0.05) is 5.56 Å². The number of para-hydroxylation sites is 1. The number of rotatable bonds is 8. The first-order valence-corrected chi connectivity index (χ1v) is 11.4. The van der Waals surface area contributed by atoms with Crippen molar-refractivity contribution in [1.82, 2.24) is 0 Å². The molecule has 166 valence electrons. The molecule has 0 unspecified atom stereocenters. The summed E-state index contributed by atoms with van der Waals surface area (Å²) in [6.07, 6.45) is 1.60. The molecule has 0 saturated carbocycles. The van der Waals surface area contributed by atoms with Crippen LogP contribution in [0.5, 0.6) is 0 Å². The highest BCUT2D eigenvalue weighted by Crippen LogP contribution is 2.29. The Bertz CT molecular complexity index is 1200. The van der Waals surface area contributed by atoms with E-state index in [0.29, 0.717) is 11.3 Å². The zero-order valence-electron chi connectivity index (χ0n) is 17.9. The van der Waals surface area contributed by atoms with Gasteiger partial charge in [-0.15, -0.1) is 0 Å². The van der Waals surface area contributed by atoms with Crippen molar-refractivity contribution in [1.29, 1.82) is 0 Å². The van der Waals surface area contributed by atoms with Gasteiger partial charge < -0.3 is 9.84 Å². The lowest BCUT2D eigenvalue weighted by atomic mass is 10.1. The third-order valence-corrected chi connectivity index (χ3v) is 6.72. The Morgan fingerprint density at radius 1 is 0.969 bits per heavy atom. The monoisotopic (exact) mass is 451 g/mol. The molecule has 0 aliphatic rings. The largest absolute Gasteiger partial charge is 0.466 e. The van der Waals surface area contributed by atoms with Crippen molar-refractivity contribution in [3.05, 3.63) is 101 Å². The summed E-state index contributed by atoms with van der Waals surface area (Å²) >= 11 is 0. The number of carbonyl (C=O) groups is 1. The van der Waals surface area contributed by atoms with Crippen LogP contribution in [-0.4, -0.2) is 33.1 Å². The van der Waals surface area contributed by atoms with E-state index in [-0.39, 0.29) is 23.6 Å². The Kier molecular flexibility index (Phi) is 7.45. The number of hydrogen-bond donors (Lipinski definition) is 1. The highest BCUT2D eigenvalue weighted by Gasteiger charge is 2.29. The first-order valence-electron chi connectivity index (χ1n) is 9.99. The van der Waals surface area contributed by atoms with Gasteiger partial charge in [-0.2, -0.15) is 0 Å². The number of carbonyl (C=O) groups excluding carboxylic acids is 1. The van der Waals surface area contributed by atoms with E-state index in [4.69, 9.17) is 4.74 Å². The van der Waals surface area contributed by atoms with Gasteiger partial charge in [-0.05, 0) is 36.8 Å². The number of ether oxygens (including phenoxy) is 1. The second-order valence-electron chi connectivity index (χ2n) is 7.18. The molecule has 0 aliphatic heterocycles. The number of benzene rings is 3. The van der Waals surface area contributed by atoms with Crippen molar-refractivity contribution in [2.45, 2.75) is 18.4 Å². The minimum Gasteiger partial charge on any atom is -0.466 e. The van der Waals surface area contributed by atoms with Crippen LogP contribution in [0, 0.1) is 6.92 Å². The van der Waals surface area contributed by atoms with Gasteiger partial charge in [0.2, 0.25) is 0 Å². The van der Waals surface area contributed by atoms with E-state index in [1.807, 2.05) is 37.3 Å². The summed E-state index contributed by atoms with van der Waals surface area (Å²) in [5.74, 6) is -0.639. The maximum Gasteiger partial charge on any atom is 0.335 e. The van der Waals surface area contributed by atoms with E-state index in [2.05, 4.69) is 0 Å². The van der Waals surface area contributed by atoms with Crippen LogP contribution in [0.15, 0.2) is 89.3 Å². The van der Waals surface area contributed by atoms with Crippen molar-refractivity contribution >= 4 is 27.8 Å². The van der Waals surface area contributed by atoms with E-state index in [9.17, 15) is 18.3 Å². The first kappa shape index (κ1) is 23.2. The van der Waals surface area contributed by atoms with Crippen LogP contribution in [0.3, 0.4) is 0 Å². The van der Waals surface area contributed by atoms with Crippen LogP contribution in [-0.2, 0) is 26.2 Å². The summed E-state index contributed by atoms with van der Waals surface area (Å²) in [6, 6.07) is 22.2. The van der Waals surface area contributed by atoms with Crippen molar-refractivity contribution in [2.75, 3.05) is 18.0 Å². The summed E-state index contributed by atoms with van der Waals surface area (Å²) in [6.45, 7) is 1.24. The summed E-state index contributed by atoms with van der Waals surface area (Å²) in [4.78, 5) is 12.7. The van der Waals surface area contributed by atoms with Gasteiger partial charge in [0.25, 0.3) is 10.0 Å². The number of methoxy groups -OCH3 is 1. The molecule has 6 nitrogen and oxygen atoms in total. The van der Waals surface area contributed by atoms with Crippen molar-refractivity contribution in [2.24, 2.45) is 0 Å². The zero-order valence-corrected chi connectivity index (χ0v) is 18.7. The lowest BCUT2D eigenvalue weighted by Gasteiger charge is -2.27. The summed E-state index contributed by atoms with van der Waals surface area (Å²) < 4.78 is 33.4. The van der Waals surface area contributed by atoms with Gasteiger partial charge in [0.05, 0.1) is 36.4 Å². The lowest BCUT2D eigenvalue weighted by Crippen LogP contribution is -2.35. The van der Waals surface area contributed by atoms with E-state index in [1.165, 1.54) is 19.2 Å². The molecular weight excluding hydrogens is 426 g/mol. The van der Waals surface area contributed by atoms with Crippen LogP contribution in [0.4, 0.5) is 5.69 Å². The molecule has 3 rings (SSSR count). The van der Waals surface area contributed by atoms with Gasteiger partial charge in [0.15, 0.2) is 0 Å². The average molecular weight is 452 g/mol. The minimum atomic E-state index is -4.06. The number of aliphatic hydroxyl groups excluding tert-OH is 1. The second-order valence-corrected chi connectivity index (χ2v) is 9.05. The average Bonchev–Trinajstić information content (AvgIpc) is 2.82. The number of nitrogens with zero attached hydrogens (tertiary/aromatic N) is 1. The molecule has 3 aromatic carbocycles. The van der Waals surface area contributed by atoms with Gasteiger partial charge in [-0.1, -0.05) is 66.2 Å². The van der Waals surface area contributed by atoms with Crippen molar-refractivity contribution < 1.29 is 23.1 Å². The highest BCUT2D eigenvalue weighted by atomic mass is 32.2. The molecule has 7 heteroatoms. The number of sulfonamides is 1. The van der Waals surface area contributed by atoms with Crippen LogP contribution in [0.2, 0.25) is 0 Å². The Labute approximate surface area is 188 Å². The molecule has 0 aromatic heterocycles. The Morgan fingerprint density at radius 2 is 1.59 bits per heavy atom. The number of aryl methyl sites for hydroxylation is 1. The molecule has 0 amide bonds. The molecule has 1 N–H and O–H groups in total. The van der Waals surface area contributed by atoms with Gasteiger partial charge >= 0.3 is 5.97 Å². The fourth-order valence-corrected chi connectivity index (χ4v) is 4.71. The Hall–Kier alpha value is -3.42. The second kappa shape index (κ2) is 10.3. The number of hydrogen-bond acceptors (Lipinski definition) is 5. The molecule has 0 fully saturated rings. The summed E-state index contributed by atoms with van der Waals surface area (Å²) in [5.41, 5.74) is 2.52. The fourth-order valence-electron chi connectivity index (χ4n) is 3.23. The molecule has 0 aliphatic carbocycles. The van der Waals surface area contributed by atoms with E-state index in [1.54, 1.807) is 42.5 Å². The SMILES string of the molecule is COC(=O)/C(=C/c1ccccc1)CN(c1ccccc1CO)S(=O)(=O)c1ccc(C)cc1. The Balaban J connectivity index is 2.16. The smallest absolute Gasteiger partial charge is 0.335 e. The lowest BCUT2D eigenvalue weighted by molar-refractivity contribution is -0.136. The van der Waals surface area contributed by atoms with E-state index in [0.717, 1.165) is 15.4 Å². The van der Waals surface area contributed by atoms with Gasteiger partial charge in [-0.3, -0.25) is 4.31 Å². The zero-order chi connectivity index (χ0) is 23.1. The maximum absolute atomic E-state index is 13.7. The third kappa shape index (κ3) is 5.25. The molecule has 0 radical (unpaired) electrons. The molecule has 32 heavy (non-hydrogen) atoms. The van der Waals surface area contributed by atoms with Crippen LogP contribution < -0.4 is 4.31 Å². The molecular formula is C25H25NO5S. The topological polar surface area (TPSA) is 83.9 Å². The molecule has 0 heterocycles. The molecule has 0 bridgehead atoms. The summed E-state index contributed by atoms with van der Waals surface area (Å²) in [5, 5.41) is 9.84. The predicted molar refractivity (Wildman–Crippen MR) is 125 cm³/mol.